The van der Waals surface area contributed by atoms with Crippen LogP contribution in [0, 0.1) is 0 Å². The molecule has 2 nitrogen and oxygen atoms in total. The van der Waals surface area contributed by atoms with Crippen LogP contribution in [0.15, 0.2) is 18.2 Å². The number of fused-ring (bicyclic) bond motifs is 1. The average Bonchev–Trinajstić information content (AvgIpc) is 2.55. The van der Waals surface area contributed by atoms with Gasteiger partial charge in [-0.15, -0.1) is 0 Å². The van der Waals surface area contributed by atoms with Crippen molar-refractivity contribution in [2.45, 2.75) is 13.3 Å². The summed E-state index contributed by atoms with van der Waals surface area (Å²) in [6.07, 6.45) is 0.936. The molecule has 68 valence electrons. The number of benzene rings is 1. The molecule has 0 aliphatic rings. The number of rotatable bonds is 1. The van der Waals surface area contributed by atoms with Gasteiger partial charge < -0.3 is 10.1 Å². The number of hydrogen-bond donors (Lipinski definition) is 2. The number of phenolic OH excluding ortho intramolecular Hbond substituents is 1. The Labute approximate surface area is 81.1 Å². The number of aromatic amines is 1. The minimum atomic E-state index is 0.135. The first-order chi connectivity index (χ1) is 6.22. The molecule has 0 unspecified atom stereocenters. The van der Waals surface area contributed by atoms with Gasteiger partial charge in [0.15, 0.2) is 0 Å². The van der Waals surface area contributed by atoms with Gasteiger partial charge in [-0.05, 0) is 24.6 Å². The van der Waals surface area contributed by atoms with Crippen LogP contribution in [-0.4, -0.2) is 10.1 Å². The standard InChI is InChI=1S/C10H10ClNO/c1-2-6-5-7-8(12-6)3-4-9(13)10(7)11/h3-5,12-13H,2H2,1H3. The molecule has 0 radical (unpaired) electrons. The highest BCUT2D eigenvalue weighted by Gasteiger charge is 2.06. The van der Waals surface area contributed by atoms with Crippen LogP contribution in [0.5, 0.6) is 5.75 Å². The van der Waals surface area contributed by atoms with E-state index in [0.29, 0.717) is 5.02 Å². The second-order valence-corrected chi connectivity index (χ2v) is 3.39. The van der Waals surface area contributed by atoms with Gasteiger partial charge in [0.25, 0.3) is 0 Å². The summed E-state index contributed by atoms with van der Waals surface area (Å²) >= 11 is 5.93. The Hall–Kier alpha value is -1.15. The van der Waals surface area contributed by atoms with E-state index in [1.54, 1.807) is 6.07 Å². The molecule has 0 atom stereocenters. The molecule has 0 saturated carbocycles. The first-order valence-corrected chi connectivity index (χ1v) is 4.59. The molecule has 0 aliphatic heterocycles. The maximum absolute atomic E-state index is 9.35. The normalized spacial score (nSPS) is 10.9. The Morgan fingerprint density at radius 3 is 2.92 bits per heavy atom. The molecular weight excluding hydrogens is 186 g/mol. The molecule has 3 heteroatoms. The summed E-state index contributed by atoms with van der Waals surface area (Å²) in [4.78, 5) is 3.22. The average molecular weight is 196 g/mol. The number of aromatic nitrogens is 1. The van der Waals surface area contributed by atoms with Gasteiger partial charge in [-0.1, -0.05) is 18.5 Å². The zero-order valence-electron chi connectivity index (χ0n) is 7.26. The second kappa shape index (κ2) is 2.96. The molecular formula is C10H10ClNO. The lowest BCUT2D eigenvalue weighted by atomic mass is 10.2. The van der Waals surface area contributed by atoms with Gasteiger partial charge in [0, 0.05) is 16.6 Å². The summed E-state index contributed by atoms with van der Waals surface area (Å²) in [6.45, 7) is 2.07. The third-order valence-electron chi connectivity index (χ3n) is 2.15. The van der Waals surface area contributed by atoms with E-state index in [0.717, 1.165) is 23.0 Å². The van der Waals surface area contributed by atoms with E-state index in [-0.39, 0.29) is 5.75 Å². The van der Waals surface area contributed by atoms with Crippen molar-refractivity contribution >= 4 is 22.5 Å². The lowest BCUT2D eigenvalue weighted by Gasteiger charge is -1.96. The molecule has 1 heterocycles. The third-order valence-corrected chi connectivity index (χ3v) is 2.55. The minimum absolute atomic E-state index is 0.135. The van der Waals surface area contributed by atoms with E-state index in [1.807, 2.05) is 12.1 Å². The molecule has 0 aliphatic carbocycles. The Kier molecular flexibility index (Phi) is 1.93. The van der Waals surface area contributed by atoms with Crippen LogP contribution in [0.2, 0.25) is 5.02 Å². The first kappa shape index (κ1) is 8.45. The first-order valence-electron chi connectivity index (χ1n) is 4.21. The maximum Gasteiger partial charge on any atom is 0.134 e. The number of H-pyrrole nitrogens is 1. The van der Waals surface area contributed by atoms with Crippen LogP contribution in [0.3, 0.4) is 0 Å². The predicted molar refractivity (Wildman–Crippen MR) is 54.4 cm³/mol. The second-order valence-electron chi connectivity index (χ2n) is 3.01. The van der Waals surface area contributed by atoms with Crippen molar-refractivity contribution in [1.82, 2.24) is 4.98 Å². The van der Waals surface area contributed by atoms with Crippen molar-refractivity contribution in [1.29, 1.82) is 0 Å². The highest BCUT2D eigenvalue weighted by molar-refractivity contribution is 6.36. The van der Waals surface area contributed by atoms with Crippen LogP contribution >= 0.6 is 11.6 Å². The quantitative estimate of drug-likeness (QED) is 0.721. The maximum atomic E-state index is 9.35. The van der Waals surface area contributed by atoms with Crippen molar-refractivity contribution in [3.05, 3.63) is 28.9 Å². The lowest BCUT2D eigenvalue weighted by Crippen LogP contribution is -1.75. The molecule has 13 heavy (non-hydrogen) atoms. The van der Waals surface area contributed by atoms with Crippen LogP contribution in [0.1, 0.15) is 12.6 Å². The number of nitrogens with one attached hydrogen (secondary N) is 1. The lowest BCUT2D eigenvalue weighted by molar-refractivity contribution is 0.476. The van der Waals surface area contributed by atoms with Crippen molar-refractivity contribution in [2.75, 3.05) is 0 Å². The van der Waals surface area contributed by atoms with Crippen LogP contribution in [0.4, 0.5) is 0 Å². The number of hydrogen-bond acceptors (Lipinski definition) is 1. The molecule has 0 amide bonds. The van der Waals surface area contributed by atoms with Crippen LogP contribution < -0.4 is 0 Å². The number of aromatic hydroxyl groups is 1. The largest absolute Gasteiger partial charge is 0.506 e. The van der Waals surface area contributed by atoms with Gasteiger partial charge in [-0.3, -0.25) is 0 Å². The van der Waals surface area contributed by atoms with Gasteiger partial charge in [0.2, 0.25) is 0 Å². The molecule has 0 fully saturated rings. The molecule has 1 aromatic carbocycles. The zero-order chi connectivity index (χ0) is 9.42. The summed E-state index contributed by atoms with van der Waals surface area (Å²) in [7, 11) is 0. The summed E-state index contributed by atoms with van der Waals surface area (Å²) in [5, 5.41) is 10.7. The molecule has 0 bridgehead atoms. The predicted octanol–water partition coefficient (Wildman–Crippen LogP) is 3.09. The molecule has 0 spiro atoms. The van der Waals surface area contributed by atoms with Gasteiger partial charge in [-0.2, -0.15) is 0 Å². The topological polar surface area (TPSA) is 36.0 Å². The van der Waals surface area contributed by atoms with Gasteiger partial charge in [-0.25, -0.2) is 0 Å². The number of phenols is 1. The SMILES string of the molecule is CCc1cc2c(Cl)c(O)ccc2[nH]1. The van der Waals surface area contributed by atoms with E-state index >= 15 is 0 Å². The van der Waals surface area contributed by atoms with Gasteiger partial charge >= 0.3 is 0 Å². The number of halogens is 1. The smallest absolute Gasteiger partial charge is 0.134 e. The van der Waals surface area contributed by atoms with Gasteiger partial charge in [0.1, 0.15) is 5.75 Å². The molecule has 2 N–H and O–H groups in total. The van der Waals surface area contributed by atoms with Gasteiger partial charge in [0.05, 0.1) is 5.02 Å². The molecule has 0 saturated heterocycles. The van der Waals surface area contributed by atoms with Crippen LogP contribution in [-0.2, 0) is 6.42 Å². The Balaban J connectivity index is 2.76. The highest BCUT2D eigenvalue weighted by Crippen LogP contribution is 2.32. The summed E-state index contributed by atoms with van der Waals surface area (Å²) < 4.78 is 0. The van der Waals surface area contributed by atoms with Crippen molar-refractivity contribution in [3.63, 3.8) is 0 Å². The van der Waals surface area contributed by atoms with E-state index in [1.165, 1.54) is 0 Å². The van der Waals surface area contributed by atoms with E-state index in [2.05, 4.69) is 11.9 Å². The third kappa shape index (κ3) is 1.27. The zero-order valence-corrected chi connectivity index (χ0v) is 8.02. The fourth-order valence-electron chi connectivity index (χ4n) is 1.41. The summed E-state index contributed by atoms with van der Waals surface area (Å²) in [5.41, 5.74) is 2.10. The monoisotopic (exact) mass is 195 g/mol. The fourth-order valence-corrected chi connectivity index (χ4v) is 1.62. The highest BCUT2D eigenvalue weighted by atomic mass is 35.5. The van der Waals surface area contributed by atoms with Crippen molar-refractivity contribution in [3.8, 4) is 5.75 Å². The van der Waals surface area contributed by atoms with E-state index in [9.17, 15) is 5.11 Å². The fraction of sp³-hybridized carbons (Fsp3) is 0.200. The molecule has 2 aromatic rings. The van der Waals surface area contributed by atoms with E-state index < -0.39 is 0 Å². The van der Waals surface area contributed by atoms with Crippen molar-refractivity contribution in [2.24, 2.45) is 0 Å². The minimum Gasteiger partial charge on any atom is -0.506 e. The summed E-state index contributed by atoms with van der Waals surface area (Å²) in [5.74, 6) is 0.135. The van der Waals surface area contributed by atoms with E-state index in [4.69, 9.17) is 11.6 Å². The Morgan fingerprint density at radius 2 is 2.23 bits per heavy atom. The Bertz CT molecular complexity index is 447. The Morgan fingerprint density at radius 1 is 1.46 bits per heavy atom. The van der Waals surface area contributed by atoms with Crippen LogP contribution in [0.25, 0.3) is 10.9 Å². The van der Waals surface area contributed by atoms with Crippen molar-refractivity contribution < 1.29 is 5.11 Å². The number of aryl methyl sites for hydroxylation is 1. The molecule has 1 aromatic heterocycles. The summed E-state index contributed by atoms with van der Waals surface area (Å²) in [6, 6.07) is 5.40. The molecule has 2 rings (SSSR count).